The molecule has 1 aromatic heterocycles. The molecular weight excluding hydrogens is 506 g/mol. The average molecular weight is 540 g/mol. The van der Waals surface area contributed by atoms with E-state index in [0.29, 0.717) is 43.6 Å². The summed E-state index contributed by atoms with van der Waals surface area (Å²) in [5, 5.41) is 0.504. The normalized spacial score (nSPS) is 19.1. The predicted octanol–water partition coefficient (Wildman–Crippen LogP) is 2.32. The molecule has 2 aliphatic heterocycles. The summed E-state index contributed by atoms with van der Waals surface area (Å²) in [6.45, 7) is 4.58. The van der Waals surface area contributed by atoms with Crippen LogP contribution in [0.25, 0.3) is 10.9 Å². The number of carbonyl (C=O) groups excluding carboxylic acids is 1. The maximum absolute atomic E-state index is 13.3. The maximum Gasteiger partial charge on any atom is 0.348 e. The monoisotopic (exact) mass is 539 g/mol. The highest BCUT2D eigenvalue weighted by molar-refractivity contribution is 7.89. The average Bonchev–Trinajstić information content (AvgIpc) is 2.94. The zero-order valence-corrected chi connectivity index (χ0v) is 22.6. The molecule has 0 spiro atoms. The topological polar surface area (TPSA) is 105 Å². The number of piperazine rings is 1. The first-order valence-electron chi connectivity index (χ1n) is 13.0. The Bertz CT molecular complexity index is 1500. The third kappa shape index (κ3) is 5.00. The zero-order chi connectivity index (χ0) is 26.9. The summed E-state index contributed by atoms with van der Waals surface area (Å²) in [4.78, 5) is 33.9. The van der Waals surface area contributed by atoms with E-state index in [0.717, 1.165) is 30.7 Å². The Hall–Kier alpha value is -3.44. The molecule has 38 heavy (non-hydrogen) atoms. The number of piperidine rings is 1. The van der Waals surface area contributed by atoms with E-state index in [1.807, 2.05) is 31.2 Å². The SMILES string of the molecule is COc1ccccc1N1CCN(C(=O)Cn2c(=O)ncc3cc(S(=O)(=O)N4CCCC[C@@H]4C)ccc32)CC1. The van der Waals surface area contributed by atoms with Crippen molar-refractivity contribution in [2.24, 2.45) is 0 Å². The predicted molar refractivity (Wildman–Crippen MR) is 145 cm³/mol. The van der Waals surface area contributed by atoms with E-state index in [2.05, 4.69) is 9.88 Å². The second kappa shape index (κ2) is 10.7. The molecule has 11 heteroatoms. The second-order valence-electron chi connectivity index (χ2n) is 9.85. The first-order valence-corrected chi connectivity index (χ1v) is 14.4. The molecule has 0 bridgehead atoms. The first kappa shape index (κ1) is 26.2. The van der Waals surface area contributed by atoms with Gasteiger partial charge in [-0.05, 0) is 50.1 Å². The van der Waals surface area contributed by atoms with Crippen LogP contribution >= 0.6 is 0 Å². The van der Waals surface area contributed by atoms with Gasteiger partial charge in [0.2, 0.25) is 15.9 Å². The Labute approximate surface area is 222 Å². The molecular formula is C27H33N5O5S. The lowest BCUT2D eigenvalue weighted by Gasteiger charge is -2.36. The van der Waals surface area contributed by atoms with Crippen molar-refractivity contribution in [3.05, 3.63) is 59.1 Å². The molecule has 0 N–H and O–H groups in total. The lowest BCUT2D eigenvalue weighted by molar-refractivity contribution is -0.132. The van der Waals surface area contributed by atoms with Crippen molar-refractivity contribution in [1.82, 2.24) is 18.8 Å². The fraction of sp³-hybridized carbons (Fsp3) is 0.444. The Morgan fingerprint density at radius 1 is 1.05 bits per heavy atom. The van der Waals surface area contributed by atoms with Crippen LogP contribution in [0.4, 0.5) is 5.69 Å². The van der Waals surface area contributed by atoms with Gasteiger partial charge in [0, 0.05) is 50.3 Å². The van der Waals surface area contributed by atoms with Crippen LogP contribution in [0.15, 0.2) is 58.4 Å². The molecule has 0 radical (unpaired) electrons. The summed E-state index contributed by atoms with van der Waals surface area (Å²) in [6, 6.07) is 12.4. The van der Waals surface area contributed by atoms with Gasteiger partial charge in [0.25, 0.3) is 0 Å². The molecule has 202 valence electrons. The van der Waals surface area contributed by atoms with Crippen LogP contribution in [0.2, 0.25) is 0 Å². The molecule has 0 saturated carbocycles. The van der Waals surface area contributed by atoms with Crippen LogP contribution in [0, 0.1) is 0 Å². The van der Waals surface area contributed by atoms with Crippen molar-refractivity contribution in [2.75, 3.05) is 44.7 Å². The standard InChI is InChI=1S/C27H33N5O5S/c1-20-7-5-6-12-32(20)38(35,36)22-10-11-23-21(17-22)18-28-27(34)31(23)19-26(33)30-15-13-29(14-16-30)24-8-3-4-9-25(24)37-2/h3-4,8-11,17-18,20H,5-7,12-16,19H2,1-2H3/t20-/m0/s1. The minimum atomic E-state index is -3.67. The van der Waals surface area contributed by atoms with Gasteiger partial charge in [0.05, 0.1) is 23.2 Å². The van der Waals surface area contributed by atoms with Gasteiger partial charge in [0.15, 0.2) is 0 Å². The highest BCUT2D eigenvalue weighted by atomic mass is 32.2. The van der Waals surface area contributed by atoms with Crippen molar-refractivity contribution < 1.29 is 17.9 Å². The fourth-order valence-corrected chi connectivity index (χ4v) is 7.12. The molecule has 2 saturated heterocycles. The quantitative estimate of drug-likeness (QED) is 0.473. The molecule has 2 aliphatic rings. The van der Waals surface area contributed by atoms with Crippen molar-refractivity contribution in [3.8, 4) is 5.75 Å². The molecule has 2 fully saturated rings. The molecule has 0 aliphatic carbocycles. The Morgan fingerprint density at radius 3 is 2.55 bits per heavy atom. The van der Waals surface area contributed by atoms with Crippen LogP contribution in [0.3, 0.4) is 0 Å². The number of fused-ring (bicyclic) bond motifs is 1. The molecule has 1 atom stereocenters. The molecule has 3 aromatic rings. The number of hydrogen-bond donors (Lipinski definition) is 0. The van der Waals surface area contributed by atoms with Gasteiger partial charge >= 0.3 is 5.69 Å². The van der Waals surface area contributed by atoms with Crippen molar-refractivity contribution in [3.63, 3.8) is 0 Å². The summed E-state index contributed by atoms with van der Waals surface area (Å²) in [5.41, 5.74) is 0.927. The van der Waals surface area contributed by atoms with E-state index in [1.165, 1.54) is 16.8 Å². The Balaban J connectivity index is 1.33. The molecule has 0 unspecified atom stereocenters. The van der Waals surface area contributed by atoms with Gasteiger partial charge in [-0.2, -0.15) is 4.31 Å². The number of aromatic nitrogens is 2. The minimum Gasteiger partial charge on any atom is -0.495 e. The van der Waals surface area contributed by atoms with Gasteiger partial charge in [0.1, 0.15) is 12.3 Å². The third-order valence-corrected chi connectivity index (χ3v) is 9.54. The summed E-state index contributed by atoms with van der Waals surface area (Å²) in [7, 11) is -2.03. The van der Waals surface area contributed by atoms with Gasteiger partial charge in [-0.1, -0.05) is 18.6 Å². The number of benzene rings is 2. The smallest absolute Gasteiger partial charge is 0.348 e. The highest BCUT2D eigenvalue weighted by Crippen LogP contribution is 2.29. The number of rotatable bonds is 6. The lowest BCUT2D eigenvalue weighted by Crippen LogP contribution is -2.50. The molecule has 1 amide bonds. The second-order valence-corrected chi connectivity index (χ2v) is 11.7. The summed E-state index contributed by atoms with van der Waals surface area (Å²) < 4.78 is 35.0. The Morgan fingerprint density at radius 2 is 1.82 bits per heavy atom. The van der Waals surface area contributed by atoms with Crippen molar-refractivity contribution >= 4 is 32.5 Å². The van der Waals surface area contributed by atoms with E-state index in [9.17, 15) is 18.0 Å². The largest absolute Gasteiger partial charge is 0.495 e. The number of carbonyl (C=O) groups is 1. The molecule has 10 nitrogen and oxygen atoms in total. The highest BCUT2D eigenvalue weighted by Gasteiger charge is 2.31. The first-order chi connectivity index (χ1) is 18.3. The van der Waals surface area contributed by atoms with E-state index < -0.39 is 15.7 Å². The number of methoxy groups -OCH3 is 1. The number of hydrogen-bond acceptors (Lipinski definition) is 7. The summed E-state index contributed by atoms with van der Waals surface area (Å²) >= 11 is 0. The van der Waals surface area contributed by atoms with Gasteiger partial charge in [-0.25, -0.2) is 18.2 Å². The van der Waals surface area contributed by atoms with Crippen LogP contribution in [0.1, 0.15) is 26.2 Å². The number of amides is 1. The summed E-state index contributed by atoms with van der Waals surface area (Å²) in [6.07, 6.45) is 4.07. The fourth-order valence-electron chi connectivity index (χ4n) is 5.38. The van der Waals surface area contributed by atoms with Crippen molar-refractivity contribution in [2.45, 2.75) is 43.7 Å². The van der Waals surface area contributed by atoms with Crippen LogP contribution in [-0.2, 0) is 21.4 Å². The van der Waals surface area contributed by atoms with E-state index >= 15 is 0 Å². The molecule has 5 rings (SSSR count). The number of anilines is 1. The lowest BCUT2D eigenvalue weighted by atomic mass is 10.1. The number of sulfonamides is 1. The summed E-state index contributed by atoms with van der Waals surface area (Å²) in [5.74, 6) is 0.608. The zero-order valence-electron chi connectivity index (χ0n) is 21.7. The van der Waals surface area contributed by atoms with E-state index in [4.69, 9.17) is 4.74 Å². The maximum atomic E-state index is 13.3. The van der Waals surface area contributed by atoms with Crippen LogP contribution in [0.5, 0.6) is 5.75 Å². The van der Waals surface area contributed by atoms with E-state index in [-0.39, 0.29) is 23.4 Å². The molecule has 3 heterocycles. The number of ether oxygens (including phenoxy) is 1. The number of nitrogens with zero attached hydrogens (tertiary/aromatic N) is 5. The van der Waals surface area contributed by atoms with Crippen LogP contribution in [-0.4, -0.2) is 79.0 Å². The Kier molecular flexibility index (Phi) is 7.40. The van der Waals surface area contributed by atoms with Gasteiger partial charge < -0.3 is 14.5 Å². The molecule has 2 aromatic carbocycles. The van der Waals surface area contributed by atoms with E-state index in [1.54, 1.807) is 28.4 Å². The minimum absolute atomic E-state index is 0.0578. The van der Waals surface area contributed by atoms with Gasteiger partial charge in [-0.3, -0.25) is 9.36 Å². The van der Waals surface area contributed by atoms with Gasteiger partial charge in [-0.15, -0.1) is 0 Å². The van der Waals surface area contributed by atoms with Crippen molar-refractivity contribution in [1.29, 1.82) is 0 Å². The third-order valence-electron chi connectivity index (χ3n) is 7.53. The number of para-hydroxylation sites is 2. The van der Waals surface area contributed by atoms with Crippen LogP contribution < -0.4 is 15.3 Å².